The van der Waals surface area contributed by atoms with Crippen LogP contribution in [0.3, 0.4) is 0 Å². The summed E-state index contributed by atoms with van der Waals surface area (Å²) in [5.41, 5.74) is 7.98. The molecule has 1 aromatic carbocycles. The number of hydrogen-bond acceptors (Lipinski definition) is 5. The van der Waals surface area contributed by atoms with Gasteiger partial charge in [-0.3, -0.25) is 4.79 Å². The molecule has 0 saturated carbocycles. The molecule has 6 heteroatoms. The monoisotopic (exact) mass is 248 g/mol. The zero-order valence-corrected chi connectivity index (χ0v) is 9.51. The second-order valence-corrected chi connectivity index (χ2v) is 3.58. The first-order valence-electron chi connectivity index (χ1n) is 5.37. The fourth-order valence-electron chi connectivity index (χ4n) is 1.42. The summed E-state index contributed by atoms with van der Waals surface area (Å²) in [5, 5.41) is 0. The Morgan fingerprint density at radius 1 is 1.28 bits per heavy atom. The van der Waals surface area contributed by atoms with Crippen molar-refractivity contribution in [1.29, 1.82) is 0 Å². The largest absolute Gasteiger partial charge is 0.492 e. The number of amides is 1. The van der Waals surface area contributed by atoms with Crippen molar-refractivity contribution in [3.05, 3.63) is 35.4 Å². The Hall–Kier alpha value is -2.34. The first-order valence-corrected chi connectivity index (χ1v) is 5.37. The maximum atomic E-state index is 11.2. The van der Waals surface area contributed by atoms with Gasteiger partial charge in [0.25, 0.3) is 5.91 Å². The molecule has 0 unspecified atom stereocenters. The molecule has 3 N–H and O–H groups in total. The van der Waals surface area contributed by atoms with Crippen LogP contribution in [0.15, 0.2) is 29.8 Å². The third kappa shape index (κ3) is 2.67. The summed E-state index contributed by atoms with van der Waals surface area (Å²) >= 11 is 0. The highest BCUT2D eigenvalue weighted by atomic mass is 16.7. The minimum Gasteiger partial charge on any atom is -0.492 e. The predicted molar refractivity (Wildman–Crippen MR) is 63.2 cm³/mol. The van der Waals surface area contributed by atoms with E-state index in [0.29, 0.717) is 24.5 Å². The van der Waals surface area contributed by atoms with Crippen LogP contribution in [-0.2, 0) is 14.4 Å². The van der Waals surface area contributed by atoms with Crippen LogP contribution in [0.5, 0.6) is 5.75 Å². The molecule has 0 bridgehead atoms. The van der Waals surface area contributed by atoms with Gasteiger partial charge in [0.2, 0.25) is 0 Å². The van der Waals surface area contributed by atoms with Gasteiger partial charge in [-0.15, -0.1) is 0 Å². The maximum Gasteiger partial charge on any atom is 0.368 e. The number of carbonyl (C=O) groups is 2. The van der Waals surface area contributed by atoms with E-state index in [1.807, 2.05) is 5.48 Å². The summed E-state index contributed by atoms with van der Waals surface area (Å²) in [6.07, 6.45) is 1.46. The van der Waals surface area contributed by atoms with Crippen LogP contribution in [0.25, 0.3) is 6.08 Å². The van der Waals surface area contributed by atoms with Gasteiger partial charge in [-0.1, -0.05) is 12.1 Å². The summed E-state index contributed by atoms with van der Waals surface area (Å²) in [7, 11) is 0. The van der Waals surface area contributed by atoms with E-state index in [1.165, 1.54) is 6.08 Å². The van der Waals surface area contributed by atoms with Crippen molar-refractivity contribution in [3.8, 4) is 5.75 Å². The second-order valence-electron chi connectivity index (χ2n) is 3.58. The Morgan fingerprint density at radius 2 is 2.00 bits per heavy atom. The van der Waals surface area contributed by atoms with Crippen molar-refractivity contribution < 1.29 is 19.2 Å². The summed E-state index contributed by atoms with van der Waals surface area (Å²) in [6, 6.07) is 6.94. The number of ether oxygens (including phenoxy) is 1. The number of hydroxylamine groups is 1. The van der Waals surface area contributed by atoms with E-state index in [9.17, 15) is 9.59 Å². The molecule has 0 radical (unpaired) electrons. The molecule has 1 aromatic rings. The van der Waals surface area contributed by atoms with Gasteiger partial charge < -0.3 is 15.3 Å². The molecular weight excluding hydrogens is 236 g/mol. The molecule has 1 aliphatic rings. The van der Waals surface area contributed by atoms with Crippen molar-refractivity contribution in [2.75, 3.05) is 13.2 Å². The van der Waals surface area contributed by atoms with Crippen LogP contribution >= 0.6 is 0 Å². The molecule has 0 atom stereocenters. The van der Waals surface area contributed by atoms with E-state index in [2.05, 4.69) is 4.84 Å². The molecule has 0 spiro atoms. The van der Waals surface area contributed by atoms with E-state index in [4.69, 9.17) is 10.5 Å². The Kier molecular flexibility index (Phi) is 3.59. The number of rotatable bonds is 4. The van der Waals surface area contributed by atoms with Gasteiger partial charge in [-0.05, 0) is 23.8 Å². The zero-order valence-electron chi connectivity index (χ0n) is 9.51. The standard InChI is InChI=1S/C12H12N2O4/c13-5-6-17-9-3-1-8(2-4-9)7-10-11(15)14-18-12(10)16/h1-4,7H,5-6,13H2,(H,14,15). The van der Waals surface area contributed by atoms with E-state index in [1.54, 1.807) is 24.3 Å². The first-order chi connectivity index (χ1) is 8.70. The molecule has 1 heterocycles. The fourth-order valence-corrected chi connectivity index (χ4v) is 1.42. The van der Waals surface area contributed by atoms with E-state index >= 15 is 0 Å². The number of carbonyl (C=O) groups excluding carboxylic acids is 2. The number of nitrogens with one attached hydrogen (secondary N) is 1. The van der Waals surface area contributed by atoms with Crippen LogP contribution in [0.2, 0.25) is 0 Å². The van der Waals surface area contributed by atoms with Crippen LogP contribution in [-0.4, -0.2) is 25.0 Å². The quantitative estimate of drug-likeness (QED) is 0.578. The van der Waals surface area contributed by atoms with Crippen LogP contribution in [0, 0.1) is 0 Å². The molecular formula is C12H12N2O4. The number of benzene rings is 1. The fraction of sp³-hybridized carbons (Fsp3) is 0.167. The minimum atomic E-state index is -0.677. The smallest absolute Gasteiger partial charge is 0.368 e. The topological polar surface area (TPSA) is 90.7 Å². The normalized spacial score (nSPS) is 16.6. The predicted octanol–water partition coefficient (Wildman–Crippen LogP) is -0.00450. The third-order valence-electron chi connectivity index (χ3n) is 2.28. The highest BCUT2D eigenvalue weighted by Gasteiger charge is 2.28. The lowest BCUT2D eigenvalue weighted by atomic mass is 10.1. The molecule has 1 saturated heterocycles. The van der Waals surface area contributed by atoms with Crippen molar-refractivity contribution in [2.45, 2.75) is 0 Å². The maximum absolute atomic E-state index is 11.2. The van der Waals surface area contributed by atoms with Gasteiger partial charge in [0.1, 0.15) is 17.9 Å². The Bertz CT molecular complexity index is 475. The van der Waals surface area contributed by atoms with Crippen molar-refractivity contribution in [2.24, 2.45) is 5.73 Å². The Balaban J connectivity index is 2.12. The summed E-state index contributed by atoms with van der Waals surface area (Å²) in [6.45, 7) is 0.882. The molecule has 2 rings (SSSR count). The van der Waals surface area contributed by atoms with Crippen molar-refractivity contribution >= 4 is 18.0 Å². The second kappa shape index (κ2) is 5.33. The van der Waals surface area contributed by atoms with Gasteiger partial charge in [-0.25, -0.2) is 4.79 Å². The van der Waals surface area contributed by atoms with Crippen LogP contribution in [0.4, 0.5) is 0 Å². The zero-order chi connectivity index (χ0) is 13.0. The highest BCUT2D eigenvalue weighted by Crippen LogP contribution is 2.16. The highest BCUT2D eigenvalue weighted by molar-refractivity contribution is 6.22. The Morgan fingerprint density at radius 3 is 2.56 bits per heavy atom. The summed E-state index contributed by atoms with van der Waals surface area (Å²) < 4.78 is 5.31. The minimum absolute atomic E-state index is 0.0226. The average Bonchev–Trinajstić information content (AvgIpc) is 2.70. The van der Waals surface area contributed by atoms with Gasteiger partial charge in [0, 0.05) is 6.54 Å². The average molecular weight is 248 g/mol. The van der Waals surface area contributed by atoms with Gasteiger partial charge in [0.15, 0.2) is 0 Å². The Labute approximate surface area is 103 Å². The van der Waals surface area contributed by atoms with E-state index < -0.39 is 11.9 Å². The molecule has 1 amide bonds. The molecule has 1 aliphatic heterocycles. The van der Waals surface area contributed by atoms with Gasteiger partial charge in [0.05, 0.1) is 0 Å². The molecule has 94 valence electrons. The molecule has 1 fully saturated rings. The number of hydrogen-bond donors (Lipinski definition) is 2. The first kappa shape index (κ1) is 12.1. The SMILES string of the molecule is NCCOc1ccc(C=C2C(=O)NOC2=O)cc1. The van der Waals surface area contributed by atoms with E-state index in [-0.39, 0.29) is 5.57 Å². The lowest BCUT2D eigenvalue weighted by molar-refractivity contribution is -0.143. The summed E-state index contributed by atoms with van der Waals surface area (Å²) in [5.74, 6) is -0.534. The lowest BCUT2D eigenvalue weighted by Crippen LogP contribution is -2.12. The van der Waals surface area contributed by atoms with E-state index in [0.717, 1.165) is 0 Å². The lowest BCUT2D eigenvalue weighted by Gasteiger charge is -2.03. The van der Waals surface area contributed by atoms with Crippen LogP contribution in [0.1, 0.15) is 5.56 Å². The summed E-state index contributed by atoms with van der Waals surface area (Å²) in [4.78, 5) is 26.8. The van der Waals surface area contributed by atoms with Gasteiger partial charge in [-0.2, -0.15) is 5.48 Å². The molecule has 0 aliphatic carbocycles. The van der Waals surface area contributed by atoms with Crippen molar-refractivity contribution in [1.82, 2.24) is 5.48 Å². The molecule has 18 heavy (non-hydrogen) atoms. The number of nitrogens with two attached hydrogens (primary N) is 1. The molecule has 6 nitrogen and oxygen atoms in total. The van der Waals surface area contributed by atoms with Gasteiger partial charge >= 0.3 is 5.97 Å². The third-order valence-corrected chi connectivity index (χ3v) is 2.28. The van der Waals surface area contributed by atoms with Crippen LogP contribution < -0.4 is 16.0 Å². The molecule has 0 aromatic heterocycles. The van der Waals surface area contributed by atoms with Crippen molar-refractivity contribution in [3.63, 3.8) is 0 Å².